The minimum absolute atomic E-state index is 0.442. The van der Waals surface area contributed by atoms with Crippen molar-refractivity contribution in [1.82, 2.24) is 0 Å². The van der Waals surface area contributed by atoms with Crippen LogP contribution in [-0.2, 0) is 0 Å². The average molecular weight is 251 g/mol. The van der Waals surface area contributed by atoms with E-state index in [9.17, 15) is 20.2 Å². The van der Waals surface area contributed by atoms with Crippen molar-refractivity contribution in [2.24, 2.45) is 0 Å². The van der Waals surface area contributed by atoms with Crippen LogP contribution < -0.4 is 4.90 Å². The third kappa shape index (κ3) is 2.39. The summed E-state index contributed by atoms with van der Waals surface area (Å²) in [7, 11) is 0. The Labute approximate surface area is 103 Å². The number of benzene rings is 1. The molecule has 0 saturated carbocycles. The fraction of sp³-hybridized carbons (Fsp3) is 0.455. The number of nitro groups is 2. The minimum Gasteiger partial charge on any atom is -0.371 e. The second-order valence-electron chi connectivity index (χ2n) is 4.23. The number of piperidine rings is 1. The molecule has 1 heterocycles. The highest BCUT2D eigenvalue weighted by Crippen LogP contribution is 2.32. The van der Waals surface area contributed by atoms with Crippen LogP contribution in [0, 0.1) is 20.2 Å². The van der Waals surface area contributed by atoms with Crippen LogP contribution in [0.3, 0.4) is 0 Å². The van der Waals surface area contributed by atoms with E-state index in [1.807, 2.05) is 4.90 Å². The largest absolute Gasteiger partial charge is 0.371 e. The molecule has 0 aromatic heterocycles. The van der Waals surface area contributed by atoms with E-state index in [1.54, 1.807) is 6.07 Å². The monoisotopic (exact) mass is 251 g/mol. The van der Waals surface area contributed by atoms with Crippen molar-refractivity contribution in [3.05, 3.63) is 38.4 Å². The van der Waals surface area contributed by atoms with Crippen molar-refractivity contribution in [1.29, 1.82) is 0 Å². The van der Waals surface area contributed by atoms with Gasteiger partial charge in [-0.25, -0.2) is 0 Å². The summed E-state index contributed by atoms with van der Waals surface area (Å²) in [6, 6.07) is 4.09. The van der Waals surface area contributed by atoms with Crippen molar-refractivity contribution in [2.75, 3.05) is 18.0 Å². The van der Waals surface area contributed by atoms with E-state index in [-0.39, 0.29) is 0 Å². The Morgan fingerprint density at radius 2 is 1.56 bits per heavy atom. The van der Waals surface area contributed by atoms with Crippen LogP contribution in [0.5, 0.6) is 0 Å². The predicted molar refractivity (Wildman–Crippen MR) is 65.8 cm³/mol. The molecule has 1 aromatic rings. The molecule has 0 amide bonds. The van der Waals surface area contributed by atoms with Gasteiger partial charge in [-0.2, -0.15) is 0 Å². The quantitative estimate of drug-likeness (QED) is 0.608. The number of hydrogen-bond donors (Lipinski definition) is 0. The van der Waals surface area contributed by atoms with E-state index in [2.05, 4.69) is 0 Å². The van der Waals surface area contributed by atoms with Crippen molar-refractivity contribution in [3.8, 4) is 0 Å². The van der Waals surface area contributed by atoms with E-state index in [0.717, 1.165) is 32.4 Å². The summed E-state index contributed by atoms with van der Waals surface area (Å²) in [6.45, 7) is 1.68. The minimum atomic E-state index is -0.724. The molecule has 1 fully saturated rings. The number of hydrogen-bond acceptors (Lipinski definition) is 5. The lowest BCUT2D eigenvalue weighted by Crippen LogP contribution is -2.29. The smallest absolute Gasteiger partial charge is 0.348 e. The topological polar surface area (TPSA) is 89.5 Å². The zero-order chi connectivity index (χ0) is 13.1. The highest BCUT2D eigenvalue weighted by molar-refractivity contribution is 5.63. The van der Waals surface area contributed by atoms with Crippen LogP contribution in [0.25, 0.3) is 0 Å². The molecule has 0 radical (unpaired) electrons. The fourth-order valence-electron chi connectivity index (χ4n) is 2.16. The molecule has 7 nitrogen and oxygen atoms in total. The van der Waals surface area contributed by atoms with Crippen LogP contribution in [0.4, 0.5) is 17.1 Å². The molecular weight excluding hydrogens is 238 g/mol. The van der Waals surface area contributed by atoms with Gasteiger partial charge in [0.15, 0.2) is 0 Å². The summed E-state index contributed by atoms with van der Waals surface area (Å²) in [5.74, 6) is 0. The maximum absolute atomic E-state index is 10.8. The molecule has 7 heteroatoms. The Balaban J connectivity index is 2.36. The Kier molecular flexibility index (Phi) is 3.40. The molecule has 0 aliphatic carbocycles. The van der Waals surface area contributed by atoms with E-state index in [1.165, 1.54) is 12.1 Å². The van der Waals surface area contributed by atoms with Gasteiger partial charge in [0.25, 0.3) is 0 Å². The van der Waals surface area contributed by atoms with Gasteiger partial charge in [-0.1, -0.05) is 0 Å². The summed E-state index contributed by atoms with van der Waals surface area (Å²) in [4.78, 5) is 22.1. The Morgan fingerprint density at radius 1 is 0.944 bits per heavy atom. The number of anilines is 1. The van der Waals surface area contributed by atoms with E-state index >= 15 is 0 Å². The van der Waals surface area contributed by atoms with Gasteiger partial charge in [0.1, 0.15) is 0 Å². The molecular formula is C11H13N3O4. The molecule has 1 aliphatic rings. The first kappa shape index (κ1) is 12.3. The molecule has 2 rings (SSSR count). The van der Waals surface area contributed by atoms with Crippen molar-refractivity contribution in [3.63, 3.8) is 0 Å². The first-order chi connectivity index (χ1) is 8.59. The molecule has 1 aromatic carbocycles. The maximum atomic E-state index is 10.8. The lowest BCUT2D eigenvalue weighted by atomic mass is 10.1. The lowest BCUT2D eigenvalue weighted by Gasteiger charge is -2.28. The SMILES string of the molecule is O=[N+]([O-])c1ccc(N2CCCCC2)cc1[N+](=O)[O-]. The highest BCUT2D eigenvalue weighted by Gasteiger charge is 2.25. The second kappa shape index (κ2) is 4.99. The zero-order valence-corrected chi connectivity index (χ0v) is 9.74. The van der Waals surface area contributed by atoms with E-state index in [4.69, 9.17) is 0 Å². The van der Waals surface area contributed by atoms with Crippen LogP contribution in [0.15, 0.2) is 18.2 Å². The third-order valence-electron chi connectivity index (χ3n) is 3.07. The predicted octanol–water partition coefficient (Wildman–Crippen LogP) is 2.49. The molecule has 0 N–H and O–H groups in total. The first-order valence-corrected chi connectivity index (χ1v) is 5.77. The standard InChI is InChI=1S/C11H13N3O4/c15-13(16)10-5-4-9(8-11(10)14(17)18)12-6-2-1-3-7-12/h4-5,8H,1-3,6-7H2. The molecule has 1 aliphatic heterocycles. The van der Waals surface area contributed by atoms with Crippen LogP contribution in [-0.4, -0.2) is 22.9 Å². The van der Waals surface area contributed by atoms with Crippen molar-refractivity contribution in [2.45, 2.75) is 19.3 Å². The summed E-state index contributed by atoms with van der Waals surface area (Å²) < 4.78 is 0. The molecule has 0 unspecified atom stereocenters. The first-order valence-electron chi connectivity index (χ1n) is 5.77. The van der Waals surface area contributed by atoms with E-state index < -0.39 is 21.2 Å². The molecule has 1 saturated heterocycles. The van der Waals surface area contributed by atoms with Crippen LogP contribution in [0.2, 0.25) is 0 Å². The summed E-state index contributed by atoms with van der Waals surface area (Å²) in [5, 5.41) is 21.5. The normalized spacial score (nSPS) is 15.4. The van der Waals surface area contributed by atoms with Gasteiger partial charge in [0.05, 0.1) is 9.85 Å². The molecule has 0 spiro atoms. The zero-order valence-electron chi connectivity index (χ0n) is 9.74. The van der Waals surface area contributed by atoms with Crippen molar-refractivity contribution >= 4 is 17.1 Å². The number of nitro benzene ring substituents is 2. The number of nitrogens with zero attached hydrogens (tertiary/aromatic N) is 3. The lowest BCUT2D eigenvalue weighted by molar-refractivity contribution is -0.422. The Bertz CT molecular complexity index is 483. The molecule has 0 atom stereocenters. The van der Waals surface area contributed by atoms with Crippen molar-refractivity contribution < 1.29 is 9.85 Å². The van der Waals surface area contributed by atoms with Gasteiger partial charge in [0, 0.05) is 30.9 Å². The van der Waals surface area contributed by atoms with Crippen LogP contribution >= 0.6 is 0 Å². The van der Waals surface area contributed by atoms with Gasteiger partial charge >= 0.3 is 11.4 Å². The van der Waals surface area contributed by atoms with Gasteiger partial charge in [-0.05, 0) is 25.3 Å². The summed E-state index contributed by atoms with van der Waals surface area (Å²) >= 11 is 0. The average Bonchev–Trinajstić information content (AvgIpc) is 2.39. The van der Waals surface area contributed by atoms with Gasteiger partial charge in [-0.15, -0.1) is 0 Å². The second-order valence-corrected chi connectivity index (χ2v) is 4.23. The van der Waals surface area contributed by atoms with Gasteiger partial charge in [0.2, 0.25) is 0 Å². The third-order valence-corrected chi connectivity index (χ3v) is 3.07. The Hall–Kier alpha value is -2.18. The highest BCUT2D eigenvalue weighted by atomic mass is 16.6. The van der Waals surface area contributed by atoms with E-state index in [0.29, 0.717) is 5.69 Å². The maximum Gasteiger partial charge on any atom is 0.348 e. The number of rotatable bonds is 3. The Morgan fingerprint density at radius 3 is 2.11 bits per heavy atom. The molecule has 18 heavy (non-hydrogen) atoms. The summed E-state index contributed by atoms with van der Waals surface area (Å²) in [6.07, 6.45) is 3.25. The van der Waals surface area contributed by atoms with Gasteiger partial charge < -0.3 is 4.90 Å². The summed E-state index contributed by atoms with van der Waals surface area (Å²) in [5.41, 5.74) is -0.212. The fourth-order valence-corrected chi connectivity index (χ4v) is 2.16. The molecule has 96 valence electrons. The van der Waals surface area contributed by atoms with Crippen LogP contribution in [0.1, 0.15) is 19.3 Å². The molecule has 0 bridgehead atoms. The van der Waals surface area contributed by atoms with Gasteiger partial charge in [-0.3, -0.25) is 20.2 Å².